The Balaban J connectivity index is 1.49. The number of ether oxygens (including phenoxy) is 2. The second-order valence-electron chi connectivity index (χ2n) is 7.16. The van der Waals surface area contributed by atoms with E-state index < -0.39 is 0 Å². The highest BCUT2D eigenvalue weighted by Gasteiger charge is 2.33. The van der Waals surface area contributed by atoms with Crippen molar-refractivity contribution in [2.45, 2.75) is 31.8 Å². The standard InChI is InChI=1S/C22H23N3O3/c1-15(22(26)24-18-5-2-4-16(12-18)14-23)25-9-3-6-19(25)17-7-8-20-21(13-17)28-11-10-27-20/h2,4-5,7-8,12-13,15,19H,3,6,9-11H2,1H3,(H,24,26)/t15-,19-/m0/s1. The topological polar surface area (TPSA) is 74.6 Å². The van der Waals surface area contributed by atoms with E-state index in [-0.39, 0.29) is 18.0 Å². The average molecular weight is 377 g/mol. The molecule has 6 heteroatoms. The summed E-state index contributed by atoms with van der Waals surface area (Å²) < 4.78 is 11.3. The Hall–Kier alpha value is -3.04. The highest BCUT2D eigenvalue weighted by Crippen LogP contribution is 2.39. The van der Waals surface area contributed by atoms with Crippen LogP contribution in [0.4, 0.5) is 5.69 Å². The van der Waals surface area contributed by atoms with Gasteiger partial charge in [0.05, 0.1) is 17.7 Å². The van der Waals surface area contributed by atoms with Crippen molar-refractivity contribution < 1.29 is 14.3 Å². The number of likely N-dealkylation sites (tertiary alicyclic amines) is 1. The largest absolute Gasteiger partial charge is 0.486 e. The normalized spacial score (nSPS) is 19.6. The van der Waals surface area contributed by atoms with Crippen LogP contribution in [0.3, 0.4) is 0 Å². The van der Waals surface area contributed by atoms with E-state index in [9.17, 15) is 4.79 Å². The van der Waals surface area contributed by atoms with Crippen molar-refractivity contribution in [2.24, 2.45) is 0 Å². The molecule has 1 N–H and O–H groups in total. The van der Waals surface area contributed by atoms with Gasteiger partial charge in [-0.2, -0.15) is 5.26 Å². The first-order valence-electron chi connectivity index (χ1n) is 9.62. The average Bonchev–Trinajstić information content (AvgIpc) is 3.22. The van der Waals surface area contributed by atoms with Gasteiger partial charge in [-0.05, 0) is 62.2 Å². The Labute approximate surface area is 164 Å². The third kappa shape index (κ3) is 3.67. The lowest BCUT2D eigenvalue weighted by molar-refractivity contribution is -0.121. The molecule has 2 heterocycles. The second-order valence-corrected chi connectivity index (χ2v) is 7.16. The van der Waals surface area contributed by atoms with Crippen molar-refractivity contribution in [3.63, 3.8) is 0 Å². The molecule has 2 aromatic rings. The molecular weight excluding hydrogens is 354 g/mol. The molecule has 1 fully saturated rings. The van der Waals surface area contributed by atoms with Gasteiger partial charge in [0.2, 0.25) is 5.91 Å². The minimum Gasteiger partial charge on any atom is -0.486 e. The molecule has 0 unspecified atom stereocenters. The van der Waals surface area contributed by atoms with Crippen LogP contribution in [0.25, 0.3) is 0 Å². The van der Waals surface area contributed by atoms with Crippen molar-refractivity contribution in [3.05, 3.63) is 53.6 Å². The van der Waals surface area contributed by atoms with Crippen LogP contribution in [-0.4, -0.2) is 36.6 Å². The lowest BCUT2D eigenvalue weighted by Crippen LogP contribution is -2.41. The fourth-order valence-electron chi connectivity index (χ4n) is 3.94. The lowest BCUT2D eigenvalue weighted by atomic mass is 10.0. The van der Waals surface area contributed by atoms with Crippen LogP contribution in [-0.2, 0) is 4.79 Å². The molecule has 28 heavy (non-hydrogen) atoms. The smallest absolute Gasteiger partial charge is 0.241 e. The van der Waals surface area contributed by atoms with Crippen LogP contribution in [0, 0.1) is 11.3 Å². The third-order valence-corrected chi connectivity index (χ3v) is 5.38. The van der Waals surface area contributed by atoms with E-state index in [4.69, 9.17) is 14.7 Å². The van der Waals surface area contributed by atoms with Crippen molar-refractivity contribution >= 4 is 11.6 Å². The van der Waals surface area contributed by atoms with Gasteiger partial charge in [0.25, 0.3) is 0 Å². The van der Waals surface area contributed by atoms with Gasteiger partial charge in [-0.1, -0.05) is 12.1 Å². The molecule has 0 saturated carbocycles. The Morgan fingerprint density at radius 1 is 1.21 bits per heavy atom. The number of benzene rings is 2. The summed E-state index contributed by atoms with van der Waals surface area (Å²) in [6, 6.07) is 15.0. The molecule has 2 aromatic carbocycles. The zero-order chi connectivity index (χ0) is 19.5. The number of hydrogen-bond acceptors (Lipinski definition) is 5. The number of rotatable bonds is 4. The molecule has 144 valence electrons. The monoisotopic (exact) mass is 377 g/mol. The van der Waals surface area contributed by atoms with Crippen molar-refractivity contribution in [1.82, 2.24) is 4.90 Å². The maximum absolute atomic E-state index is 12.8. The quantitative estimate of drug-likeness (QED) is 0.883. The molecule has 0 spiro atoms. The molecule has 4 rings (SSSR count). The second kappa shape index (κ2) is 7.91. The molecule has 6 nitrogen and oxygen atoms in total. The minimum atomic E-state index is -0.286. The fourth-order valence-corrected chi connectivity index (χ4v) is 3.94. The molecule has 1 saturated heterocycles. The van der Waals surface area contributed by atoms with E-state index in [2.05, 4.69) is 22.4 Å². The maximum Gasteiger partial charge on any atom is 0.241 e. The Morgan fingerprint density at radius 3 is 2.86 bits per heavy atom. The summed E-state index contributed by atoms with van der Waals surface area (Å²) in [7, 11) is 0. The molecule has 2 atom stereocenters. The number of carbonyl (C=O) groups excluding carboxylic acids is 1. The molecule has 0 radical (unpaired) electrons. The Morgan fingerprint density at radius 2 is 2.04 bits per heavy atom. The zero-order valence-corrected chi connectivity index (χ0v) is 15.9. The summed E-state index contributed by atoms with van der Waals surface area (Å²) in [6.07, 6.45) is 2.04. The third-order valence-electron chi connectivity index (χ3n) is 5.38. The predicted molar refractivity (Wildman–Crippen MR) is 105 cm³/mol. The number of hydrogen-bond donors (Lipinski definition) is 1. The summed E-state index contributed by atoms with van der Waals surface area (Å²) in [5.41, 5.74) is 2.32. The van der Waals surface area contributed by atoms with E-state index in [0.29, 0.717) is 24.5 Å². The predicted octanol–water partition coefficient (Wildman–Crippen LogP) is 3.49. The summed E-state index contributed by atoms with van der Waals surface area (Å²) in [4.78, 5) is 15.1. The first-order chi connectivity index (χ1) is 13.7. The van der Waals surface area contributed by atoms with Crippen LogP contribution in [0.2, 0.25) is 0 Å². The van der Waals surface area contributed by atoms with E-state index in [0.717, 1.165) is 36.4 Å². The molecule has 0 aromatic heterocycles. The SMILES string of the molecule is C[C@@H](C(=O)Nc1cccc(C#N)c1)N1CCC[C@H]1c1ccc2c(c1)OCCO2. The van der Waals surface area contributed by atoms with E-state index in [1.54, 1.807) is 24.3 Å². The van der Waals surface area contributed by atoms with Gasteiger partial charge in [-0.15, -0.1) is 0 Å². The molecule has 0 aliphatic carbocycles. The van der Waals surface area contributed by atoms with Crippen molar-refractivity contribution in [2.75, 3.05) is 25.1 Å². The van der Waals surface area contributed by atoms with E-state index in [1.165, 1.54) is 0 Å². The molecule has 2 aliphatic heterocycles. The Bertz CT molecular complexity index is 921. The van der Waals surface area contributed by atoms with Crippen LogP contribution < -0.4 is 14.8 Å². The minimum absolute atomic E-state index is 0.0699. The highest BCUT2D eigenvalue weighted by atomic mass is 16.6. The van der Waals surface area contributed by atoms with Crippen molar-refractivity contribution in [1.29, 1.82) is 5.26 Å². The summed E-state index contributed by atoms with van der Waals surface area (Å²) in [5, 5.41) is 12.0. The number of anilines is 1. The number of carbonyl (C=O) groups is 1. The number of nitriles is 1. The van der Waals surface area contributed by atoms with Gasteiger partial charge in [0.1, 0.15) is 13.2 Å². The summed E-state index contributed by atoms with van der Waals surface area (Å²) in [6.45, 7) is 3.93. The maximum atomic E-state index is 12.8. The highest BCUT2D eigenvalue weighted by molar-refractivity contribution is 5.94. The Kier molecular flexibility index (Phi) is 5.18. The first-order valence-corrected chi connectivity index (χ1v) is 9.62. The zero-order valence-electron chi connectivity index (χ0n) is 15.9. The van der Waals surface area contributed by atoms with Gasteiger partial charge >= 0.3 is 0 Å². The van der Waals surface area contributed by atoms with Crippen molar-refractivity contribution in [3.8, 4) is 17.6 Å². The molecular formula is C22H23N3O3. The summed E-state index contributed by atoms with van der Waals surface area (Å²) in [5.74, 6) is 1.49. The van der Waals surface area contributed by atoms with Crippen LogP contribution in [0.15, 0.2) is 42.5 Å². The first kappa shape index (κ1) is 18.3. The van der Waals surface area contributed by atoms with Gasteiger partial charge in [0, 0.05) is 11.7 Å². The fraction of sp³-hybridized carbons (Fsp3) is 0.364. The number of nitrogens with one attached hydrogen (secondary N) is 1. The molecule has 2 aliphatic rings. The van der Waals surface area contributed by atoms with Crippen LogP contribution >= 0.6 is 0 Å². The number of amides is 1. The van der Waals surface area contributed by atoms with E-state index >= 15 is 0 Å². The van der Waals surface area contributed by atoms with E-state index in [1.807, 2.05) is 19.1 Å². The number of fused-ring (bicyclic) bond motifs is 1. The van der Waals surface area contributed by atoms with Crippen LogP contribution in [0.1, 0.15) is 36.9 Å². The lowest BCUT2D eigenvalue weighted by Gasteiger charge is -2.31. The van der Waals surface area contributed by atoms with Gasteiger partial charge < -0.3 is 14.8 Å². The molecule has 0 bridgehead atoms. The summed E-state index contributed by atoms with van der Waals surface area (Å²) >= 11 is 0. The van der Waals surface area contributed by atoms with Gasteiger partial charge in [-0.3, -0.25) is 9.69 Å². The van der Waals surface area contributed by atoms with Crippen LogP contribution in [0.5, 0.6) is 11.5 Å². The number of nitrogens with zero attached hydrogens (tertiary/aromatic N) is 2. The molecule has 1 amide bonds. The van der Waals surface area contributed by atoms with Gasteiger partial charge in [-0.25, -0.2) is 0 Å². The van der Waals surface area contributed by atoms with Gasteiger partial charge in [0.15, 0.2) is 11.5 Å².